The Balaban J connectivity index is 1.86. The molecule has 0 unspecified atom stereocenters. The molecule has 0 spiro atoms. The maximum atomic E-state index is 12.1. The Hall–Kier alpha value is -1.75. The minimum Gasteiger partial charge on any atom is -0.493 e. The number of hydrogen-bond acceptors (Lipinski definition) is 4. The first-order chi connectivity index (χ1) is 12.8. The molecule has 2 N–H and O–H groups in total. The Morgan fingerprint density at radius 2 is 1.89 bits per heavy atom. The van der Waals surface area contributed by atoms with Crippen molar-refractivity contribution in [2.75, 3.05) is 13.7 Å². The molecule has 0 radical (unpaired) electrons. The van der Waals surface area contributed by atoms with Crippen molar-refractivity contribution in [3.8, 4) is 11.5 Å². The zero-order valence-electron chi connectivity index (χ0n) is 17.6. The molecule has 1 saturated carbocycles. The first kappa shape index (κ1) is 21.5. The van der Waals surface area contributed by atoms with Gasteiger partial charge in [-0.15, -0.1) is 0 Å². The molecule has 152 valence electrons. The van der Waals surface area contributed by atoms with Gasteiger partial charge in [0.15, 0.2) is 18.1 Å². The van der Waals surface area contributed by atoms with Crippen molar-refractivity contribution in [2.24, 2.45) is 5.41 Å². The number of amides is 1. The van der Waals surface area contributed by atoms with E-state index in [2.05, 4.69) is 38.3 Å². The quantitative estimate of drug-likeness (QED) is 0.719. The average molecular weight is 377 g/mol. The van der Waals surface area contributed by atoms with E-state index in [0.717, 1.165) is 24.9 Å². The molecule has 0 saturated heterocycles. The Morgan fingerprint density at radius 3 is 2.52 bits per heavy atom. The minimum absolute atomic E-state index is 0.0194. The van der Waals surface area contributed by atoms with Gasteiger partial charge in [-0.2, -0.15) is 0 Å². The van der Waals surface area contributed by atoms with Crippen molar-refractivity contribution >= 4 is 5.91 Å². The highest BCUT2D eigenvalue weighted by Crippen LogP contribution is 2.28. The highest BCUT2D eigenvalue weighted by atomic mass is 16.5. The van der Waals surface area contributed by atoms with Crippen molar-refractivity contribution in [2.45, 2.75) is 78.4 Å². The number of carbonyl (C=O) groups excluding carboxylic acids is 1. The SMILES string of the molecule is COc1cc(CN[C@@H](C)C(C)(C)C)ccc1OCC(=O)NC1CCCCC1. The average Bonchev–Trinajstić information content (AvgIpc) is 2.64. The molecule has 5 heteroatoms. The van der Waals surface area contributed by atoms with Gasteiger partial charge in [-0.3, -0.25) is 4.79 Å². The van der Waals surface area contributed by atoms with Gasteiger partial charge in [0.25, 0.3) is 5.91 Å². The van der Waals surface area contributed by atoms with Gasteiger partial charge in [-0.25, -0.2) is 0 Å². The van der Waals surface area contributed by atoms with E-state index in [1.54, 1.807) is 7.11 Å². The molecule has 1 amide bonds. The molecule has 1 aliphatic carbocycles. The van der Waals surface area contributed by atoms with E-state index in [1.807, 2.05) is 18.2 Å². The summed E-state index contributed by atoms with van der Waals surface area (Å²) in [6.45, 7) is 9.64. The molecule has 1 fully saturated rings. The van der Waals surface area contributed by atoms with Crippen LogP contribution in [0.3, 0.4) is 0 Å². The van der Waals surface area contributed by atoms with Crippen molar-refractivity contribution in [3.63, 3.8) is 0 Å². The first-order valence-electron chi connectivity index (χ1n) is 10.1. The van der Waals surface area contributed by atoms with Crippen LogP contribution in [0, 0.1) is 5.41 Å². The largest absolute Gasteiger partial charge is 0.493 e. The molecule has 0 bridgehead atoms. The van der Waals surface area contributed by atoms with E-state index < -0.39 is 0 Å². The van der Waals surface area contributed by atoms with Gasteiger partial charge < -0.3 is 20.1 Å². The summed E-state index contributed by atoms with van der Waals surface area (Å²) in [6, 6.07) is 6.56. The van der Waals surface area contributed by atoms with Gasteiger partial charge in [0, 0.05) is 18.6 Å². The fourth-order valence-corrected chi connectivity index (χ4v) is 3.18. The second kappa shape index (κ2) is 9.98. The van der Waals surface area contributed by atoms with Crippen molar-refractivity contribution in [3.05, 3.63) is 23.8 Å². The van der Waals surface area contributed by atoms with E-state index in [1.165, 1.54) is 19.3 Å². The molecule has 1 aromatic rings. The summed E-state index contributed by atoms with van der Waals surface area (Å²) >= 11 is 0. The minimum atomic E-state index is -0.0614. The van der Waals surface area contributed by atoms with Gasteiger partial charge >= 0.3 is 0 Å². The lowest BCUT2D eigenvalue weighted by Gasteiger charge is -2.28. The Labute approximate surface area is 164 Å². The van der Waals surface area contributed by atoms with Crippen LogP contribution < -0.4 is 20.1 Å². The lowest BCUT2D eigenvalue weighted by Crippen LogP contribution is -2.39. The Bertz CT molecular complexity index is 604. The first-order valence-corrected chi connectivity index (χ1v) is 10.1. The van der Waals surface area contributed by atoms with E-state index in [0.29, 0.717) is 23.6 Å². The van der Waals surface area contributed by atoms with E-state index >= 15 is 0 Å². The van der Waals surface area contributed by atoms with E-state index in [9.17, 15) is 4.79 Å². The molecule has 27 heavy (non-hydrogen) atoms. The van der Waals surface area contributed by atoms with Crippen LogP contribution in [0.15, 0.2) is 18.2 Å². The number of hydrogen-bond donors (Lipinski definition) is 2. The van der Waals surface area contributed by atoms with Crippen molar-refractivity contribution < 1.29 is 14.3 Å². The van der Waals surface area contributed by atoms with Crippen LogP contribution in [-0.4, -0.2) is 31.7 Å². The van der Waals surface area contributed by atoms with Gasteiger partial charge in [0.2, 0.25) is 0 Å². The van der Waals surface area contributed by atoms with Gasteiger partial charge in [0.1, 0.15) is 0 Å². The van der Waals surface area contributed by atoms with Crippen LogP contribution in [0.25, 0.3) is 0 Å². The molecular formula is C22H36N2O3. The van der Waals surface area contributed by atoms with Crippen LogP contribution in [0.4, 0.5) is 0 Å². The number of rotatable bonds is 8. The van der Waals surface area contributed by atoms with Gasteiger partial charge in [-0.05, 0) is 42.9 Å². The van der Waals surface area contributed by atoms with Crippen molar-refractivity contribution in [1.29, 1.82) is 0 Å². The lowest BCUT2D eigenvalue weighted by atomic mass is 9.88. The molecule has 1 aliphatic rings. The zero-order valence-corrected chi connectivity index (χ0v) is 17.6. The number of methoxy groups -OCH3 is 1. The van der Waals surface area contributed by atoms with Crippen LogP contribution in [-0.2, 0) is 11.3 Å². The smallest absolute Gasteiger partial charge is 0.258 e. The second-order valence-corrected chi connectivity index (χ2v) is 8.64. The summed E-state index contributed by atoms with van der Waals surface area (Å²) in [7, 11) is 1.62. The number of nitrogens with one attached hydrogen (secondary N) is 2. The second-order valence-electron chi connectivity index (χ2n) is 8.64. The monoisotopic (exact) mass is 376 g/mol. The molecule has 0 aromatic heterocycles. The molecule has 2 rings (SSSR count). The fourth-order valence-electron chi connectivity index (χ4n) is 3.18. The summed E-state index contributed by atoms with van der Waals surface area (Å²) in [4.78, 5) is 12.1. The summed E-state index contributed by atoms with van der Waals surface area (Å²) in [6.07, 6.45) is 5.81. The van der Waals surface area contributed by atoms with Gasteiger partial charge in [0.05, 0.1) is 7.11 Å². The maximum absolute atomic E-state index is 12.1. The highest BCUT2D eigenvalue weighted by molar-refractivity contribution is 5.78. The lowest BCUT2D eigenvalue weighted by molar-refractivity contribution is -0.124. The molecule has 1 aromatic carbocycles. The highest BCUT2D eigenvalue weighted by Gasteiger charge is 2.19. The summed E-state index contributed by atoms with van der Waals surface area (Å²) in [5.41, 5.74) is 1.33. The standard InChI is InChI=1S/C22H36N2O3/c1-16(22(2,3)4)23-14-17-11-12-19(20(13-17)26-5)27-15-21(25)24-18-9-7-6-8-10-18/h11-13,16,18,23H,6-10,14-15H2,1-5H3,(H,24,25)/t16-/m0/s1. The van der Waals surface area contributed by atoms with Crippen molar-refractivity contribution in [1.82, 2.24) is 10.6 Å². The number of carbonyl (C=O) groups is 1. The summed E-state index contributed by atoms with van der Waals surface area (Å²) < 4.78 is 11.2. The molecule has 1 atom stereocenters. The maximum Gasteiger partial charge on any atom is 0.258 e. The van der Waals surface area contributed by atoms with E-state index in [4.69, 9.17) is 9.47 Å². The number of benzene rings is 1. The third-order valence-electron chi connectivity index (χ3n) is 5.47. The predicted octanol–water partition coefficient (Wildman–Crippen LogP) is 4.05. The summed E-state index contributed by atoms with van der Waals surface area (Å²) in [5, 5.41) is 6.61. The van der Waals surface area contributed by atoms with Crippen LogP contribution in [0.5, 0.6) is 11.5 Å². The third-order valence-corrected chi connectivity index (χ3v) is 5.47. The van der Waals surface area contributed by atoms with Crippen LogP contribution >= 0.6 is 0 Å². The predicted molar refractivity (Wildman–Crippen MR) is 109 cm³/mol. The molecule has 0 heterocycles. The van der Waals surface area contributed by atoms with Gasteiger partial charge in [-0.1, -0.05) is 46.1 Å². The zero-order chi connectivity index (χ0) is 19.9. The Kier molecular flexibility index (Phi) is 7.96. The molecular weight excluding hydrogens is 340 g/mol. The van der Waals surface area contributed by atoms with E-state index in [-0.39, 0.29) is 17.9 Å². The topological polar surface area (TPSA) is 59.6 Å². The normalized spacial score (nSPS) is 16.6. The van der Waals surface area contributed by atoms with Crippen LogP contribution in [0.1, 0.15) is 65.4 Å². The molecule has 5 nitrogen and oxygen atoms in total. The van der Waals surface area contributed by atoms with Crippen LogP contribution in [0.2, 0.25) is 0 Å². The number of ether oxygens (including phenoxy) is 2. The summed E-state index contributed by atoms with van der Waals surface area (Å²) in [5.74, 6) is 1.20. The third kappa shape index (κ3) is 7.06. The Morgan fingerprint density at radius 1 is 1.19 bits per heavy atom. The fraction of sp³-hybridized carbons (Fsp3) is 0.682. The molecule has 0 aliphatic heterocycles.